The third kappa shape index (κ3) is 5.88. The van der Waals surface area contributed by atoms with Crippen LogP contribution in [0.4, 0.5) is 29.3 Å². The van der Waals surface area contributed by atoms with E-state index in [-0.39, 0.29) is 17.4 Å². The first-order chi connectivity index (χ1) is 22.3. The molecule has 0 atom stereocenters. The lowest BCUT2D eigenvalue weighted by Gasteiger charge is -2.15. The lowest BCUT2D eigenvalue weighted by atomic mass is 10.0. The van der Waals surface area contributed by atoms with Crippen LogP contribution in [0.5, 0.6) is 11.8 Å². The molecule has 7 rings (SSSR count). The number of nitrogens with zero attached hydrogens (tertiary/aromatic N) is 6. The summed E-state index contributed by atoms with van der Waals surface area (Å²) in [4.78, 5) is 29.8. The molecule has 1 aliphatic rings. The molecule has 0 saturated heterocycles. The monoisotopic (exact) mass is 618 g/mol. The van der Waals surface area contributed by atoms with Crippen molar-refractivity contribution in [2.24, 2.45) is 0 Å². The van der Waals surface area contributed by atoms with Crippen LogP contribution in [-0.2, 0) is 6.18 Å². The molecule has 0 spiro atoms. The smallest absolute Gasteiger partial charge is 0.416 e. The topological polar surface area (TPSA) is 119 Å². The van der Waals surface area contributed by atoms with Crippen LogP contribution in [0.1, 0.15) is 11.3 Å². The minimum Gasteiger partial charge on any atom is -0.424 e. The highest BCUT2D eigenvalue weighted by Gasteiger charge is 2.31. The first-order valence-electron chi connectivity index (χ1n) is 13.8. The van der Waals surface area contributed by atoms with Crippen molar-refractivity contribution in [1.82, 2.24) is 29.5 Å². The maximum absolute atomic E-state index is 13.4. The maximum Gasteiger partial charge on any atom is 0.416 e. The second-order valence-electron chi connectivity index (χ2n) is 10.1. The minimum absolute atomic E-state index is 0.0274. The average Bonchev–Trinajstić information content (AvgIpc) is 3.45. The van der Waals surface area contributed by atoms with E-state index in [1.54, 1.807) is 35.0 Å². The number of halogens is 3. The van der Waals surface area contributed by atoms with Gasteiger partial charge in [-0.15, -0.1) is 0 Å². The van der Waals surface area contributed by atoms with Gasteiger partial charge in [0.15, 0.2) is 5.65 Å². The normalized spacial score (nSPS) is 12.4. The molecule has 2 aromatic carbocycles. The van der Waals surface area contributed by atoms with Crippen LogP contribution < -0.4 is 15.4 Å². The number of carbonyl (C=O) groups excluding carboxylic acids is 1. The number of anilines is 2. The standard InChI is InChI=1S/C33H21F3N8O2/c34-33(35,36)23-8-11-26(22-5-2-13-37-16-22)29(15-23)43-31(45)41-24-17-38-32(39-18-24)46-25-9-6-20(7-10-25)27-19-40-44-14-12-28(42-30(27)44)21-3-1-4-21/h1-19H,(H2,41,43,45). The van der Waals surface area contributed by atoms with Gasteiger partial charge in [0.05, 0.1) is 41.2 Å². The lowest BCUT2D eigenvalue weighted by Crippen LogP contribution is -2.20. The van der Waals surface area contributed by atoms with Crippen LogP contribution in [-0.4, -0.2) is 35.6 Å². The van der Waals surface area contributed by atoms with Gasteiger partial charge in [0.2, 0.25) is 0 Å². The van der Waals surface area contributed by atoms with Crippen LogP contribution in [0.15, 0.2) is 116 Å². The van der Waals surface area contributed by atoms with Crippen molar-refractivity contribution in [3.05, 3.63) is 127 Å². The van der Waals surface area contributed by atoms with Gasteiger partial charge >= 0.3 is 18.2 Å². The van der Waals surface area contributed by atoms with Gasteiger partial charge < -0.3 is 15.4 Å². The zero-order valence-electron chi connectivity index (χ0n) is 23.6. The third-order valence-electron chi connectivity index (χ3n) is 7.04. The number of carbonyl (C=O) groups is 1. The summed E-state index contributed by atoms with van der Waals surface area (Å²) in [6.07, 6.45) is 10.7. The number of allylic oxidation sites excluding steroid dienone is 4. The molecule has 0 fully saturated rings. The number of ether oxygens (including phenoxy) is 1. The number of benzene rings is 2. The number of urea groups is 1. The number of nitrogens with one attached hydrogen (secondary N) is 2. The van der Waals surface area contributed by atoms with Crippen molar-refractivity contribution in [1.29, 1.82) is 0 Å². The minimum atomic E-state index is -4.59. The van der Waals surface area contributed by atoms with E-state index in [1.807, 2.05) is 42.6 Å². The van der Waals surface area contributed by atoms with Crippen molar-refractivity contribution in [3.8, 4) is 34.0 Å². The number of alkyl halides is 3. The lowest BCUT2D eigenvalue weighted by molar-refractivity contribution is -0.137. The Labute approximate surface area is 259 Å². The Morgan fingerprint density at radius 3 is 2.37 bits per heavy atom. The fraction of sp³-hybridized carbons (Fsp3) is 0.0303. The number of rotatable bonds is 7. The SMILES string of the molecule is O=C(Nc1cnc(Oc2ccc(-c3cnn4ccc(C5=CC=C5)nc34)cc2)nc1)Nc1cc(C(F)(F)F)ccc1-c1cccnc1. The Balaban J connectivity index is 1.02. The summed E-state index contributed by atoms with van der Waals surface area (Å²) in [6, 6.07) is 14.9. The number of hydrogen-bond acceptors (Lipinski definition) is 7. The Bertz CT molecular complexity index is 2130. The predicted molar refractivity (Wildman–Crippen MR) is 165 cm³/mol. The van der Waals surface area contributed by atoms with Gasteiger partial charge in [-0.1, -0.05) is 42.5 Å². The summed E-state index contributed by atoms with van der Waals surface area (Å²) < 4.78 is 47.7. The zero-order valence-corrected chi connectivity index (χ0v) is 23.6. The molecule has 1 aliphatic carbocycles. The number of hydrogen-bond donors (Lipinski definition) is 2. The Hall–Kier alpha value is -6.37. The van der Waals surface area contributed by atoms with Gasteiger partial charge in [-0.05, 0) is 42.0 Å². The Morgan fingerprint density at radius 2 is 1.67 bits per heavy atom. The summed E-state index contributed by atoms with van der Waals surface area (Å²) >= 11 is 0. The first-order valence-corrected chi connectivity index (χ1v) is 13.8. The molecule has 6 aromatic rings. The third-order valence-corrected chi connectivity index (χ3v) is 7.04. The number of pyridine rings is 1. The molecule has 10 nitrogen and oxygen atoms in total. The molecule has 2 amide bonds. The quantitative estimate of drug-likeness (QED) is 0.189. The fourth-order valence-electron chi connectivity index (χ4n) is 4.72. The molecule has 0 aliphatic heterocycles. The van der Waals surface area contributed by atoms with E-state index in [9.17, 15) is 18.0 Å². The molecule has 2 N–H and O–H groups in total. The predicted octanol–water partition coefficient (Wildman–Crippen LogP) is 7.66. The van der Waals surface area contributed by atoms with E-state index in [0.29, 0.717) is 16.9 Å². The van der Waals surface area contributed by atoms with Crippen molar-refractivity contribution in [3.63, 3.8) is 0 Å². The van der Waals surface area contributed by atoms with E-state index in [2.05, 4.69) is 30.7 Å². The van der Waals surface area contributed by atoms with Crippen LogP contribution in [0.25, 0.3) is 33.5 Å². The molecule has 0 unspecified atom stereocenters. The van der Waals surface area contributed by atoms with E-state index in [4.69, 9.17) is 9.72 Å². The second-order valence-corrected chi connectivity index (χ2v) is 10.1. The Morgan fingerprint density at radius 1 is 0.870 bits per heavy atom. The molecule has 0 saturated carbocycles. The molecular formula is C33H21F3N8O2. The van der Waals surface area contributed by atoms with Crippen molar-refractivity contribution in [2.75, 3.05) is 10.6 Å². The van der Waals surface area contributed by atoms with Crippen LogP contribution >= 0.6 is 0 Å². The largest absolute Gasteiger partial charge is 0.424 e. The summed E-state index contributed by atoms with van der Waals surface area (Å²) in [6.45, 7) is 0. The first kappa shape index (κ1) is 28.4. The molecule has 4 aromatic heterocycles. The molecule has 0 radical (unpaired) electrons. The highest BCUT2D eigenvalue weighted by molar-refractivity contribution is 6.02. The summed E-state index contributed by atoms with van der Waals surface area (Å²) in [5.41, 5.74) is 4.56. The Kier molecular flexibility index (Phi) is 7.17. The van der Waals surface area contributed by atoms with E-state index >= 15 is 0 Å². The molecular weight excluding hydrogens is 597 g/mol. The highest BCUT2D eigenvalue weighted by Crippen LogP contribution is 2.36. The van der Waals surface area contributed by atoms with Gasteiger partial charge in [0, 0.05) is 40.9 Å². The van der Waals surface area contributed by atoms with Gasteiger partial charge in [-0.25, -0.2) is 24.3 Å². The van der Waals surface area contributed by atoms with Gasteiger partial charge in [-0.2, -0.15) is 18.3 Å². The number of amides is 2. The second kappa shape index (κ2) is 11.6. The molecule has 226 valence electrons. The maximum atomic E-state index is 13.4. The molecule has 4 heterocycles. The van der Waals surface area contributed by atoms with Crippen molar-refractivity contribution >= 4 is 28.6 Å². The van der Waals surface area contributed by atoms with Gasteiger partial charge in [-0.3, -0.25) is 4.98 Å². The summed E-state index contributed by atoms with van der Waals surface area (Å²) in [7, 11) is 0. The highest BCUT2D eigenvalue weighted by atomic mass is 19.4. The van der Waals surface area contributed by atoms with Crippen molar-refractivity contribution < 1.29 is 22.7 Å². The van der Waals surface area contributed by atoms with E-state index in [0.717, 1.165) is 40.2 Å². The summed E-state index contributed by atoms with van der Waals surface area (Å²) in [5.74, 6) is 0.476. The average molecular weight is 619 g/mol. The fourth-order valence-corrected chi connectivity index (χ4v) is 4.72. The van der Waals surface area contributed by atoms with Crippen molar-refractivity contribution in [2.45, 2.75) is 6.18 Å². The van der Waals surface area contributed by atoms with Gasteiger partial charge in [0.25, 0.3) is 0 Å². The number of fused-ring (bicyclic) bond motifs is 1. The molecule has 0 bridgehead atoms. The van der Waals surface area contributed by atoms with E-state index in [1.165, 1.54) is 30.9 Å². The summed E-state index contributed by atoms with van der Waals surface area (Å²) in [5, 5.41) is 9.41. The van der Waals surface area contributed by atoms with E-state index < -0.39 is 17.8 Å². The molecule has 13 heteroatoms. The number of aromatic nitrogens is 6. The zero-order chi connectivity index (χ0) is 31.7. The molecule has 46 heavy (non-hydrogen) atoms. The van der Waals surface area contributed by atoms with Crippen LogP contribution in [0.3, 0.4) is 0 Å². The van der Waals surface area contributed by atoms with Crippen LogP contribution in [0.2, 0.25) is 0 Å². The van der Waals surface area contributed by atoms with Gasteiger partial charge in [0.1, 0.15) is 5.75 Å². The van der Waals surface area contributed by atoms with Crippen LogP contribution in [0, 0.1) is 0 Å².